The fourth-order valence-corrected chi connectivity index (χ4v) is 4.47. The number of carbonyl (C=O) groups is 1. The van der Waals surface area contributed by atoms with Gasteiger partial charge in [-0.1, -0.05) is 6.08 Å². The minimum absolute atomic E-state index is 0.271. The predicted molar refractivity (Wildman–Crippen MR) is 59.2 cm³/mol. The molecule has 0 aliphatic rings. The van der Waals surface area contributed by atoms with Crippen molar-refractivity contribution in [3.63, 3.8) is 0 Å². The van der Waals surface area contributed by atoms with Gasteiger partial charge in [-0.05, 0) is 6.42 Å². The standard InChI is InChI=1S/C8H14O6S2/c1-14-7(9)5-4-6-8(15(2,10)11)16(3,12)13/h4-5,8H,6H2,1-3H3/b5-4+. The van der Waals surface area contributed by atoms with E-state index in [4.69, 9.17) is 0 Å². The maximum absolute atomic E-state index is 11.2. The van der Waals surface area contributed by atoms with E-state index in [9.17, 15) is 21.6 Å². The zero-order valence-corrected chi connectivity index (χ0v) is 10.8. The molecule has 0 N–H and O–H groups in total. The van der Waals surface area contributed by atoms with Gasteiger partial charge >= 0.3 is 5.97 Å². The van der Waals surface area contributed by atoms with E-state index >= 15 is 0 Å². The molecule has 94 valence electrons. The van der Waals surface area contributed by atoms with Crippen LogP contribution in [0.4, 0.5) is 0 Å². The zero-order valence-electron chi connectivity index (χ0n) is 9.21. The number of sulfone groups is 2. The van der Waals surface area contributed by atoms with Gasteiger partial charge in [0.2, 0.25) is 0 Å². The van der Waals surface area contributed by atoms with E-state index in [-0.39, 0.29) is 6.42 Å². The lowest BCUT2D eigenvalue weighted by molar-refractivity contribution is -0.134. The molecule has 0 amide bonds. The fraction of sp³-hybridized carbons (Fsp3) is 0.625. The maximum Gasteiger partial charge on any atom is 0.330 e. The average molecular weight is 270 g/mol. The second kappa shape index (κ2) is 5.44. The second-order valence-corrected chi connectivity index (χ2v) is 8.00. The highest BCUT2D eigenvalue weighted by Crippen LogP contribution is 2.12. The summed E-state index contributed by atoms with van der Waals surface area (Å²) in [5.41, 5.74) is 0. The van der Waals surface area contributed by atoms with E-state index in [1.54, 1.807) is 0 Å². The maximum atomic E-state index is 11.2. The Morgan fingerprint density at radius 1 is 1.19 bits per heavy atom. The highest BCUT2D eigenvalue weighted by molar-refractivity contribution is 8.08. The monoisotopic (exact) mass is 270 g/mol. The van der Waals surface area contributed by atoms with Crippen LogP contribution in [0.5, 0.6) is 0 Å². The Labute approximate surface area is 95.1 Å². The summed E-state index contributed by atoms with van der Waals surface area (Å²) >= 11 is 0. The Hall–Kier alpha value is -0.890. The first-order chi connectivity index (χ1) is 7.09. The molecule has 0 spiro atoms. The minimum Gasteiger partial charge on any atom is -0.466 e. The molecule has 6 nitrogen and oxygen atoms in total. The Balaban J connectivity index is 4.89. The first kappa shape index (κ1) is 15.1. The molecule has 0 aliphatic heterocycles. The van der Waals surface area contributed by atoms with Gasteiger partial charge < -0.3 is 4.74 Å². The van der Waals surface area contributed by atoms with E-state index in [2.05, 4.69) is 4.74 Å². The van der Waals surface area contributed by atoms with Crippen LogP contribution in [0.15, 0.2) is 12.2 Å². The highest BCUT2D eigenvalue weighted by Gasteiger charge is 2.29. The van der Waals surface area contributed by atoms with Gasteiger partial charge in [0.15, 0.2) is 24.3 Å². The molecule has 0 aromatic carbocycles. The SMILES string of the molecule is COC(=O)/C=C/CC(S(C)(=O)=O)S(C)(=O)=O. The summed E-state index contributed by atoms with van der Waals surface area (Å²) in [5.74, 6) is -0.666. The van der Waals surface area contributed by atoms with Crippen LogP contribution in [0.1, 0.15) is 6.42 Å². The molecule has 0 saturated carbocycles. The molecule has 0 atom stereocenters. The van der Waals surface area contributed by atoms with Crippen LogP contribution in [0.25, 0.3) is 0 Å². The lowest BCUT2D eigenvalue weighted by atomic mass is 10.4. The molecular formula is C8H14O6S2. The van der Waals surface area contributed by atoms with Gasteiger partial charge in [0.25, 0.3) is 0 Å². The van der Waals surface area contributed by atoms with Crippen molar-refractivity contribution in [3.8, 4) is 0 Å². The van der Waals surface area contributed by atoms with Gasteiger partial charge in [0.1, 0.15) is 0 Å². The van der Waals surface area contributed by atoms with Gasteiger partial charge in [-0.2, -0.15) is 0 Å². The molecule has 0 fully saturated rings. The average Bonchev–Trinajstić information content (AvgIpc) is 2.07. The molecule has 0 unspecified atom stereocenters. The number of hydrogen-bond donors (Lipinski definition) is 0. The fourth-order valence-electron chi connectivity index (χ4n) is 1.01. The minimum atomic E-state index is -3.72. The molecule has 16 heavy (non-hydrogen) atoms. The van der Waals surface area contributed by atoms with Crippen LogP contribution in [0.2, 0.25) is 0 Å². The second-order valence-electron chi connectivity index (χ2n) is 3.25. The van der Waals surface area contributed by atoms with Crippen LogP contribution in [-0.4, -0.2) is 47.0 Å². The van der Waals surface area contributed by atoms with E-state index in [0.717, 1.165) is 25.7 Å². The van der Waals surface area contributed by atoms with Crippen molar-refractivity contribution in [3.05, 3.63) is 12.2 Å². The number of hydrogen-bond acceptors (Lipinski definition) is 6. The van der Waals surface area contributed by atoms with E-state index in [1.165, 1.54) is 6.08 Å². The lowest BCUT2D eigenvalue weighted by Crippen LogP contribution is -2.28. The van der Waals surface area contributed by atoms with E-state index in [0.29, 0.717) is 0 Å². The van der Waals surface area contributed by atoms with Crippen molar-refractivity contribution < 1.29 is 26.4 Å². The number of carbonyl (C=O) groups excluding carboxylic acids is 1. The number of methoxy groups -OCH3 is 1. The topological polar surface area (TPSA) is 94.6 Å². The van der Waals surface area contributed by atoms with Crippen LogP contribution < -0.4 is 0 Å². The Morgan fingerprint density at radius 2 is 1.62 bits per heavy atom. The molecule has 0 saturated heterocycles. The van der Waals surface area contributed by atoms with Gasteiger partial charge in [0, 0.05) is 18.6 Å². The molecule has 0 bridgehead atoms. The van der Waals surface area contributed by atoms with Crippen molar-refractivity contribution in [2.24, 2.45) is 0 Å². The Kier molecular flexibility index (Phi) is 5.14. The van der Waals surface area contributed by atoms with Gasteiger partial charge in [-0.25, -0.2) is 21.6 Å². The molecular weight excluding hydrogens is 256 g/mol. The normalized spacial score (nSPS) is 13.2. The van der Waals surface area contributed by atoms with Crippen molar-refractivity contribution in [2.45, 2.75) is 11.0 Å². The third-order valence-corrected chi connectivity index (χ3v) is 6.13. The van der Waals surface area contributed by atoms with Crippen LogP contribution in [-0.2, 0) is 29.2 Å². The first-order valence-corrected chi connectivity index (χ1v) is 8.12. The Bertz CT molecular complexity index is 439. The van der Waals surface area contributed by atoms with Gasteiger partial charge in [-0.3, -0.25) is 0 Å². The van der Waals surface area contributed by atoms with E-state index < -0.39 is 30.2 Å². The predicted octanol–water partition coefficient (Wildman–Crippen LogP) is -0.479. The quantitative estimate of drug-likeness (QED) is 0.494. The smallest absolute Gasteiger partial charge is 0.330 e. The molecule has 8 heteroatoms. The van der Waals surface area contributed by atoms with Crippen LogP contribution in [0.3, 0.4) is 0 Å². The van der Waals surface area contributed by atoms with Crippen molar-refractivity contribution >= 4 is 25.6 Å². The number of rotatable bonds is 5. The molecule has 0 aromatic heterocycles. The molecule has 0 rings (SSSR count). The molecule has 0 aromatic rings. The Morgan fingerprint density at radius 3 is 1.94 bits per heavy atom. The first-order valence-electron chi connectivity index (χ1n) is 4.21. The van der Waals surface area contributed by atoms with Crippen molar-refractivity contribution in [2.75, 3.05) is 19.6 Å². The summed E-state index contributed by atoms with van der Waals surface area (Å²) in [7, 11) is -6.27. The lowest BCUT2D eigenvalue weighted by Gasteiger charge is -2.10. The summed E-state index contributed by atoms with van der Waals surface area (Å²) in [6.07, 6.45) is 3.56. The molecule has 0 aliphatic carbocycles. The van der Waals surface area contributed by atoms with Crippen molar-refractivity contribution in [1.82, 2.24) is 0 Å². The number of ether oxygens (including phenoxy) is 1. The van der Waals surface area contributed by atoms with Crippen LogP contribution >= 0.6 is 0 Å². The summed E-state index contributed by atoms with van der Waals surface area (Å²) in [6.45, 7) is 0. The third kappa shape index (κ3) is 5.26. The summed E-state index contributed by atoms with van der Waals surface area (Å²) in [5, 5.41) is 0. The number of allylic oxidation sites excluding steroid dienone is 1. The molecule has 0 radical (unpaired) electrons. The summed E-state index contributed by atoms with van der Waals surface area (Å²) in [6, 6.07) is 0. The summed E-state index contributed by atoms with van der Waals surface area (Å²) in [4.78, 5) is 10.7. The molecule has 0 heterocycles. The summed E-state index contributed by atoms with van der Waals surface area (Å²) < 4.78 is 47.5. The highest BCUT2D eigenvalue weighted by atomic mass is 32.3. The largest absolute Gasteiger partial charge is 0.466 e. The van der Waals surface area contributed by atoms with Gasteiger partial charge in [0.05, 0.1) is 7.11 Å². The van der Waals surface area contributed by atoms with Crippen LogP contribution in [0, 0.1) is 0 Å². The zero-order chi connectivity index (χ0) is 13.0. The van der Waals surface area contributed by atoms with Gasteiger partial charge in [-0.15, -0.1) is 0 Å². The van der Waals surface area contributed by atoms with E-state index in [1.807, 2.05) is 0 Å². The number of esters is 1. The third-order valence-electron chi connectivity index (χ3n) is 1.74. The van der Waals surface area contributed by atoms with Crippen molar-refractivity contribution in [1.29, 1.82) is 0 Å².